The Labute approximate surface area is 117 Å². The third-order valence-electron chi connectivity index (χ3n) is 3.48. The van der Waals surface area contributed by atoms with Gasteiger partial charge in [0.1, 0.15) is 11.7 Å². The monoisotopic (exact) mass is 277 g/mol. The second-order valence-corrected chi connectivity index (χ2v) is 5.09. The van der Waals surface area contributed by atoms with Gasteiger partial charge in [-0.05, 0) is 13.8 Å². The normalized spacial score (nSPS) is 20.1. The zero-order valence-electron chi connectivity index (χ0n) is 11.7. The molecule has 2 heterocycles. The lowest BCUT2D eigenvalue weighted by atomic mass is 10.1. The van der Waals surface area contributed by atoms with Crippen LogP contribution in [0.4, 0.5) is 0 Å². The van der Waals surface area contributed by atoms with Crippen molar-refractivity contribution in [2.75, 3.05) is 19.6 Å². The van der Waals surface area contributed by atoms with Gasteiger partial charge in [0.15, 0.2) is 0 Å². The molecule has 1 aromatic heterocycles. The molecular weight excluding hydrogens is 258 g/mol. The fraction of sp³-hybridized carbons (Fsp3) is 0.538. The van der Waals surface area contributed by atoms with Crippen molar-refractivity contribution in [2.24, 2.45) is 5.73 Å². The van der Waals surface area contributed by atoms with Gasteiger partial charge >= 0.3 is 0 Å². The minimum absolute atomic E-state index is 0.210. The third-order valence-corrected chi connectivity index (χ3v) is 3.48. The summed E-state index contributed by atoms with van der Waals surface area (Å²) in [5.41, 5.74) is 5.74. The predicted molar refractivity (Wildman–Crippen MR) is 72.8 cm³/mol. The first-order chi connectivity index (χ1) is 9.50. The topological polar surface area (TPSA) is 92.4 Å². The molecule has 20 heavy (non-hydrogen) atoms. The van der Waals surface area contributed by atoms with Crippen LogP contribution in [0.25, 0.3) is 0 Å². The van der Waals surface area contributed by atoms with Gasteiger partial charge < -0.3 is 10.6 Å². The van der Waals surface area contributed by atoms with Crippen molar-refractivity contribution in [1.82, 2.24) is 19.8 Å². The lowest BCUT2D eigenvalue weighted by Gasteiger charge is -2.41. The van der Waals surface area contributed by atoms with E-state index in [9.17, 15) is 9.59 Å². The molecule has 1 aliphatic heterocycles. The van der Waals surface area contributed by atoms with Crippen LogP contribution in [-0.4, -0.2) is 63.3 Å². The van der Waals surface area contributed by atoms with Crippen LogP contribution in [0.15, 0.2) is 18.6 Å². The first-order valence-corrected chi connectivity index (χ1v) is 6.61. The summed E-state index contributed by atoms with van der Waals surface area (Å²) in [7, 11) is 0. The van der Waals surface area contributed by atoms with Crippen LogP contribution in [0.1, 0.15) is 24.3 Å². The summed E-state index contributed by atoms with van der Waals surface area (Å²) in [5, 5.41) is 0. The summed E-state index contributed by atoms with van der Waals surface area (Å²) in [6.45, 7) is 5.49. The number of primary amides is 1. The average Bonchev–Trinajstić information content (AvgIpc) is 2.46. The molecular formula is C13H19N5O2. The number of carbonyl (C=O) groups is 2. The Balaban J connectivity index is 2.13. The Morgan fingerprint density at radius 2 is 2.10 bits per heavy atom. The summed E-state index contributed by atoms with van der Waals surface area (Å²) in [5.74, 6) is -0.622. The average molecular weight is 277 g/mol. The second-order valence-electron chi connectivity index (χ2n) is 5.09. The largest absolute Gasteiger partial charge is 0.368 e. The zero-order chi connectivity index (χ0) is 14.7. The highest BCUT2D eigenvalue weighted by Crippen LogP contribution is 2.14. The highest BCUT2D eigenvalue weighted by atomic mass is 16.2. The van der Waals surface area contributed by atoms with Crippen LogP contribution in [0.5, 0.6) is 0 Å². The number of nitrogens with zero attached hydrogens (tertiary/aromatic N) is 4. The Kier molecular flexibility index (Phi) is 4.29. The van der Waals surface area contributed by atoms with Gasteiger partial charge in [0.05, 0.1) is 6.20 Å². The van der Waals surface area contributed by atoms with Crippen LogP contribution in [0.3, 0.4) is 0 Å². The van der Waals surface area contributed by atoms with Gasteiger partial charge in [-0.25, -0.2) is 4.98 Å². The Morgan fingerprint density at radius 3 is 2.65 bits per heavy atom. The molecule has 2 N–H and O–H groups in total. The standard InChI is InChI=1S/C13H19N5O2/c1-9(2)18-6-5-17(8-11(18)12(14)19)13(20)10-7-15-3-4-16-10/h3-4,7,9,11H,5-6,8H2,1-2H3,(H2,14,19)/t11-/m0/s1. The summed E-state index contributed by atoms with van der Waals surface area (Å²) < 4.78 is 0. The van der Waals surface area contributed by atoms with Gasteiger partial charge in [-0.2, -0.15) is 0 Å². The van der Waals surface area contributed by atoms with Crippen molar-refractivity contribution in [3.63, 3.8) is 0 Å². The van der Waals surface area contributed by atoms with Crippen molar-refractivity contribution in [1.29, 1.82) is 0 Å². The van der Waals surface area contributed by atoms with Crippen molar-refractivity contribution >= 4 is 11.8 Å². The van der Waals surface area contributed by atoms with E-state index in [0.717, 1.165) is 0 Å². The molecule has 1 atom stereocenters. The van der Waals surface area contributed by atoms with E-state index >= 15 is 0 Å². The summed E-state index contributed by atoms with van der Waals surface area (Å²) in [6.07, 6.45) is 4.42. The van der Waals surface area contributed by atoms with Crippen molar-refractivity contribution in [2.45, 2.75) is 25.9 Å². The maximum Gasteiger partial charge on any atom is 0.274 e. The molecule has 0 aliphatic carbocycles. The van der Waals surface area contributed by atoms with E-state index in [1.54, 1.807) is 4.90 Å². The minimum atomic E-state index is -0.454. The van der Waals surface area contributed by atoms with Crippen LogP contribution in [0, 0.1) is 0 Å². The smallest absolute Gasteiger partial charge is 0.274 e. The van der Waals surface area contributed by atoms with Crippen molar-refractivity contribution in [3.05, 3.63) is 24.3 Å². The van der Waals surface area contributed by atoms with E-state index in [0.29, 0.717) is 19.6 Å². The van der Waals surface area contributed by atoms with Gasteiger partial charge in [-0.15, -0.1) is 0 Å². The first-order valence-electron chi connectivity index (χ1n) is 6.61. The molecule has 108 valence electrons. The van der Waals surface area contributed by atoms with E-state index in [1.807, 2.05) is 18.7 Å². The molecule has 0 bridgehead atoms. The highest BCUT2D eigenvalue weighted by molar-refractivity contribution is 5.92. The van der Waals surface area contributed by atoms with Crippen molar-refractivity contribution in [3.8, 4) is 0 Å². The van der Waals surface area contributed by atoms with Crippen LogP contribution < -0.4 is 5.73 Å². The van der Waals surface area contributed by atoms with Crippen LogP contribution >= 0.6 is 0 Å². The quantitative estimate of drug-likeness (QED) is 0.804. The molecule has 7 heteroatoms. The first kappa shape index (κ1) is 14.4. The summed E-state index contributed by atoms with van der Waals surface area (Å²) in [4.78, 5) is 35.4. The van der Waals surface area contributed by atoms with E-state index in [-0.39, 0.29) is 17.6 Å². The second kappa shape index (κ2) is 5.96. The third kappa shape index (κ3) is 2.93. The van der Waals surface area contributed by atoms with Gasteiger partial charge in [0.2, 0.25) is 5.91 Å². The predicted octanol–water partition coefficient (Wildman–Crippen LogP) is -0.503. The summed E-state index contributed by atoms with van der Waals surface area (Å²) >= 11 is 0. The molecule has 1 saturated heterocycles. The molecule has 2 amide bonds. The van der Waals surface area contributed by atoms with Crippen molar-refractivity contribution < 1.29 is 9.59 Å². The SMILES string of the molecule is CC(C)N1CCN(C(=O)c2cnccn2)C[C@H]1C(N)=O. The number of nitrogens with two attached hydrogens (primary N) is 1. The lowest BCUT2D eigenvalue weighted by Crippen LogP contribution is -2.61. The van der Waals surface area contributed by atoms with Gasteiger partial charge in [-0.3, -0.25) is 19.5 Å². The number of piperazine rings is 1. The van der Waals surface area contributed by atoms with E-state index in [1.165, 1.54) is 18.6 Å². The number of amides is 2. The number of rotatable bonds is 3. The minimum Gasteiger partial charge on any atom is -0.368 e. The van der Waals surface area contributed by atoms with E-state index < -0.39 is 11.9 Å². The molecule has 0 radical (unpaired) electrons. The number of hydrogen-bond acceptors (Lipinski definition) is 5. The molecule has 1 fully saturated rings. The van der Waals surface area contributed by atoms with Gasteiger partial charge in [0.25, 0.3) is 5.91 Å². The maximum absolute atomic E-state index is 12.3. The maximum atomic E-state index is 12.3. The number of carbonyl (C=O) groups excluding carboxylic acids is 2. The number of aromatic nitrogens is 2. The fourth-order valence-corrected chi connectivity index (χ4v) is 2.42. The highest BCUT2D eigenvalue weighted by Gasteiger charge is 2.34. The zero-order valence-corrected chi connectivity index (χ0v) is 11.7. The van der Waals surface area contributed by atoms with Gasteiger partial charge in [-0.1, -0.05) is 0 Å². The molecule has 2 rings (SSSR count). The van der Waals surface area contributed by atoms with E-state index in [4.69, 9.17) is 5.73 Å². The molecule has 1 aliphatic rings. The molecule has 7 nitrogen and oxygen atoms in total. The Bertz CT molecular complexity index is 491. The van der Waals surface area contributed by atoms with Crippen LogP contribution in [-0.2, 0) is 4.79 Å². The number of hydrogen-bond donors (Lipinski definition) is 1. The fourth-order valence-electron chi connectivity index (χ4n) is 2.42. The molecule has 0 aromatic carbocycles. The Hall–Kier alpha value is -2.02. The molecule has 1 aromatic rings. The van der Waals surface area contributed by atoms with E-state index in [2.05, 4.69) is 9.97 Å². The molecule has 0 unspecified atom stereocenters. The lowest BCUT2D eigenvalue weighted by molar-refractivity contribution is -0.126. The van der Waals surface area contributed by atoms with Gasteiger partial charge in [0, 0.05) is 38.1 Å². The summed E-state index contributed by atoms with van der Waals surface area (Å²) in [6, 6.07) is -0.245. The Morgan fingerprint density at radius 1 is 1.35 bits per heavy atom. The molecule has 0 spiro atoms. The van der Waals surface area contributed by atoms with Crippen LogP contribution in [0.2, 0.25) is 0 Å². The molecule has 0 saturated carbocycles.